The maximum absolute atomic E-state index is 12.8. The molecule has 2 bridgehead atoms. The van der Waals surface area contributed by atoms with Crippen LogP contribution in [0.2, 0.25) is 0 Å². The third kappa shape index (κ3) is 2.59. The normalized spacial score (nSPS) is 28.2. The van der Waals surface area contributed by atoms with Crippen molar-refractivity contribution in [1.82, 2.24) is 24.9 Å². The van der Waals surface area contributed by atoms with E-state index in [2.05, 4.69) is 34.3 Å². The van der Waals surface area contributed by atoms with E-state index in [4.69, 9.17) is 0 Å². The minimum absolute atomic E-state index is 0.0484. The van der Waals surface area contributed by atoms with Gasteiger partial charge in [0.2, 0.25) is 0 Å². The number of likely N-dealkylation sites (tertiary alicyclic amines) is 1. The number of piperidine rings is 1. The van der Waals surface area contributed by atoms with Gasteiger partial charge in [-0.1, -0.05) is 18.2 Å². The maximum Gasteiger partial charge on any atom is 0.272 e. The second-order valence-corrected chi connectivity index (χ2v) is 7.33. The topological polar surface area (TPSA) is 53.4 Å². The minimum atomic E-state index is -0.0484. The molecule has 2 aliphatic rings. The Bertz CT molecular complexity index is 754. The summed E-state index contributed by atoms with van der Waals surface area (Å²) in [5.41, 5.74) is 1.53. The molecular weight excluding hydrogens is 302 g/mol. The number of fused-ring (bicyclic) bond motifs is 3. The third-order valence-electron chi connectivity index (χ3n) is 5.62. The van der Waals surface area contributed by atoms with Crippen molar-refractivity contribution in [2.24, 2.45) is 7.05 Å². The van der Waals surface area contributed by atoms with Crippen molar-refractivity contribution < 1.29 is 4.79 Å². The zero-order chi connectivity index (χ0) is 16.8. The molecule has 4 rings (SSSR count). The first-order valence-electron chi connectivity index (χ1n) is 8.66. The molecule has 2 saturated heterocycles. The summed E-state index contributed by atoms with van der Waals surface area (Å²) in [6.45, 7) is 2.15. The van der Waals surface area contributed by atoms with E-state index in [-0.39, 0.29) is 11.9 Å². The second kappa shape index (κ2) is 5.86. The van der Waals surface area contributed by atoms with Crippen LogP contribution in [-0.2, 0) is 7.05 Å². The molecule has 0 saturated carbocycles. The van der Waals surface area contributed by atoms with Gasteiger partial charge in [0, 0.05) is 43.6 Å². The van der Waals surface area contributed by atoms with Gasteiger partial charge in [0.1, 0.15) is 0 Å². The fourth-order valence-electron chi connectivity index (χ4n) is 4.34. The van der Waals surface area contributed by atoms with E-state index in [9.17, 15) is 4.79 Å². The lowest BCUT2D eigenvalue weighted by molar-refractivity contribution is 0.00837. The first-order valence-corrected chi connectivity index (χ1v) is 8.66. The first kappa shape index (κ1) is 15.6. The highest BCUT2D eigenvalue weighted by molar-refractivity contribution is 6.04. The summed E-state index contributed by atoms with van der Waals surface area (Å²) in [4.78, 5) is 17.7. The summed E-state index contributed by atoms with van der Waals surface area (Å²) < 4.78 is 1.78. The van der Waals surface area contributed by atoms with Crippen molar-refractivity contribution >= 4 is 16.8 Å². The van der Waals surface area contributed by atoms with Gasteiger partial charge in [-0.3, -0.25) is 14.4 Å². The van der Waals surface area contributed by atoms with E-state index in [1.54, 1.807) is 4.68 Å². The number of piperazine rings is 1. The van der Waals surface area contributed by atoms with Crippen LogP contribution < -0.4 is 5.32 Å². The van der Waals surface area contributed by atoms with Crippen molar-refractivity contribution in [2.75, 3.05) is 27.2 Å². The molecule has 1 aromatic heterocycles. The van der Waals surface area contributed by atoms with Crippen LogP contribution in [0.15, 0.2) is 24.3 Å². The van der Waals surface area contributed by atoms with Crippen molar-refractivity contribution in [2.45, 2.75) is 31.0 Å². The fraction of sp³-hybridized carbons (Fsp3) is 0.556. The zero-order valence-corrected chi connectivity index (χ0v) is 14.6. The second-order valence-electron chi connectivity index (χ2n) is 7.33. The predicted octanol–water partition coefficient (Wildman–Crippen LogP) is 1.08. The van der Waals surface area contributed by atoms with Crippen LogP contribution in [0.1, 0.15) is 23.3 Å². The fourth-order valence-corrected chi connectivity index (χ4v) is 4.34. The standard InChI is InChI=1S/C18H25N5O/c1-21-10-13-8-12(9-14(11-21)22(13)2)19-18(24)17-15-6-4-5-7-16(15)23(3)20-17/h4-7,12-14H,8-11H2,1-3H3,(H,19,24)/t12-,13+,14-. The summed E-state index contributed by atoms with van der Waals surface area (Å²) in [6.07, 6.45) is 2.02. The number of carbonyl (C=O) groups excluding carboxylic acids is 1. The van der Waals surface area contributed by atoms with Crippen LogP contribution in [0, 0.1) is 0 Å². The summed E-state index contributed by atoms with van der Waals surface area (Å²) >= 11 is 0. The number of nitrogens with one attached hydrogen (secondary N) is 1. The molecule has 3 atom stereocenters. The Morgan fingerprint density at radius 3 is 2.50 bits per heavy atom. The molecule has 3 heterocycles. The van der Waals surface area contributed by atoms with E-state index in [1.165, 1.54) is 0 Å². The molecule has 0 spiro atoms. The van der Waals surface area contributed by atoms with Gasteiger partial charge >= 0.3 is 0 Å². The highest BCUT2D eigenvalue weighted by atomic mass is 16.2. The van der Waals surface area contributed by atoms with Gasteiger partial charge in [-0.15, -0.1) is 0 Å². The Morgan fingerprint density at radius 2 is 1.79 bits per heavy atom. The minimum Gasteiger partial charge on any atom is -0.348 e. The van der Waals surface area contributed by atoms with Gasteiger partial charge in [0.25, 0.3) is 5.91 Å². The average Bonchev–Trinajstić information content (AvgIpc) is 2.87. The molecule has 24 heavy (non-hydrogen) atoms. The summed E-state index contributed by atoms with van der Waals surface area (Å²) in [6, 6.07) is 9.17. The maximum atomic E-state index is 12.8. The van der Waals surface area contributed by atoms with Crippen LogP contribution in [0.5, 0.6) is 0 Å². The van der Waals surface area contributed by atoms with Gasteiger partial charge in [-0.05, 0) is 33.0 Å². The number of hydrogen-bond donors (Lipinski definition) is 1. The zero-order valence-electron chi connectivity index (χ0n) is 14.6. The van der Waals surface area contributed by atoms with E-state index >= 15 is 0 Å². The summed E-state index contributed by atoms with van der Waals surface area (Å²) in [5.74, 6) is -0.0484. The number of amides is 1. The van der Waals surface area contributed by atoms with Crippen LogP contribution in [0.3, 0.4) is 0 Å². The van der Waals surface area contributed by atoms with Crippen LogP contribution >= 0.6 is 0 Å². The summed E-state index contributed by atoms with van der Waals surface area (Å²) in [7, 11) is 6.29. The molecular formula is C18H25N5O. The lowest BCUT2D eigenvalue weighted by Gasteiger charge is -2.50. The van der Waals surface area contributed by atoms with E-state index in [1.807, 2.05) is 31.3 Å². The molecule has 2 aromatic rings. The van der Waals surface area contributed by atoms with E-state index in [0.717, 1.165) is 36.8 Å². The highest BCUT2D eigenvalue weighted by Crippen LogP contribution is 2.27. The number of hydrogen-bond acceptors (Lipinski definition) is 4. The van der Waals surface area contributed by atoms with Crippen molar-refractivity contribution in [3.05, 3.63) is 30.0 Å². The van der Waals surface area contributed by atoms with Crippen LogP contribution in [0.25, 0.3) is 10.9 Å². The lowest BCUT2D eigenvalue weighted by atomic mass is 9.88. The number of carbonyl (C=O) groups is 1. The number of para-hydroxylation sites is 1. The molecule has 1 aromatic carbocycles. The monoisotopic (exact) mass is 327 g/mol. The molecule has 0 unspecified atom stereocenters. The number of benzene rings is 1. The molecule has 6 nitrogen and oxygen atoms in total. The smallest absolute Gasteiger partial charge is 0.272 e. The Kier molecular flexibility index (Phi) is 3.81. The van der Waals surface area contributed by atoms with Gasteiger partial charge < -0.3 is 10.2 Å². The van der Waals surface area contributed by atoms with Crippen molar-refractivity contribution in [3.63, 3.8) is 0 Å². The van der Waals surface area contributed by atoms with Crippen LogP contribution in [0.4, 0.5) is 0 Å². The molecule has 6 heteroatoms. The molecule has 1 N–H and O–H groups in total. The third-order valence-corrected chi connectivity index (χ3v) is 5.62. The Morgan fingerprint density at radius 1 is 1.12 bits per heavy atom. The number of rotatable bonds is 2. The van der Waals surface area contributed by atoms with Crippen molar-refractivity contribution in [3.8, 4) is 0 Å². The highest BCUT2D eigenvalue weighted by Gasteiger charge is 2.38. The van der Waals surface area contributed by atoms with E-state index in [0.29, 0.717) is 17.8 Å². The summed E-state index contributed by atoms with van der Waals surface area (Å²) in [5, 5.41) is 8.61. The molecule has 2 fully saturated rings. The Labute approximate surface area is 142 Å². The SMILES string of the molecule is CN1C[C@H]2C[C@H](NC(=O)c3nn(C)c4ccccc34)C[C@@H](C1)N2C. The predicted molar refractivity (Wildman–Crippen MR) is 94.0 cm³/mol. The molecule has 128 valence electrons. The largest absolute Gasteiger partial charge is 0.348 e. The molecule has 0 aliphatic carbocycles. The van der Waals surface area contributed by atoms with Gasteiger partial charge in [-0.2, -0.15) is 5.10 Å². The molecule has 0 radical (unpaired) electrons. The Balaban J connectivity index is 1.52. The lowest BCUT2D eigenvalue weighted by Crippen LogP contribution is -2.63. The number of aryl methyl sites for hydroxylation is 1. The van der Waals surface area contributed by atoms with Gasteiger partial charge in [0.05, 0.1) is 5.52 Å². The molecule has 1 amide bonds. The number of likely N-dealkylation sites (N-methyl/N-ethyl adjacent to an activating group) is 2. The Hall–Kier alpha value is -1.92. The quantitative estimate of drug-likeness (QED) is 0.897. The number of aromatic nitrogens is 2. The van der Waals surface area contributed by atoms with Gasteiger partial charge in [0.15, 0.2) is 5.69 Å². The number of nitrogens with zero attached hydrogens (tertiary/aromatic N) is 4. The average molecular weight is 327 g/mol. The molecule has 2 aliphatic heterocycles. The van der Waals surface area contributed by atoms with Gasteiger partial charge in [-0.25, -0.2) is 0 Å². The van der Waals surface area contributed by atoms with E-state index < -0.39 is 0 Å². The first-order chi connectivity index (χ1) is 11.5. The van der Waals surface area contributed by atoms with Crippen molar-refractivity contribution in [1.29, 1.82) is 0 Å². The van der Waals surface area contributed by atoms with Crippen LogP contribution in [-0.4, -0.2) is 70.8 Å².